The number of hydrogen-bond acceptors (Lipinski definition) is 3. The average molecular weight is 451 g/mol. The first-order valence-corrected chi connectivity index (χ1v) is 9.02. The summed E-state index contributed by atoms with van der Waals surface area (Å²) in [5.41, 5.74) is 0. The Morgan fingerprint density at radius 1 is 1.27 bits per heavy atom. The summed E-state index contributed by atoms with van der Waals surface area (Å²) in [6.07, 6.45) is 0. The van der Waals surface area contributed by atoms with Crippen molar-refractivity contribution >= 4 is 34.6 Å². The van der Waals surface area contributed by atoms with Gasteiger partial charge in [0.25, 0.3) is 0 Å². The Kier molecular flexibility index (Phi) is 7.15. The molecule has 5 heteroatoms. The number of rotatable bonds is 6. The Morgan fingerprint density at radius 2 is 2.00 bits per heavy atom. The van der Waals surface area contributed by atoms with Gasteiger partial charge in [-0.15, -0.1) is 0 Å². The molecular formula is C10H13I2O2S-. The predicted molar refractivity (Wildman–Crippen MR) is 69.1 cm³/mol. The van der Waals surface area contributed by atoms with E-state index in [4.69, 9.17) is 7.25 Å². The molecule has 0 fully saturated rings. The summed E-state index contributed by atoms with van der Waals surface area (Å²) in [4.78, 5) is 0. The van der Waals surface area contributed by atoms with Crippen molar-refractivity contribution in [1.82, 2.24) is 0 Å². The van der Waals surface area contributed by atoms with Crippen LogP contribution in [0.2, 0.25) is 0 Å². The van der Waals surface area contributed by atoms with Crippen LogP contribution in [0.3, 0.4) is 0 Å². The fourth-order valence-electron chi connectivity index (χ4n) is 0.874. The van der Waals surface area contributed by atoms with Gasteiger partial charge in [-0.3, -0.25) is 0 Å². The fourth-order valence-corrected chi connectivity index (χ4v) is 2.76. The summed E-state index contributed by atoms with van der Waals surface area (Å²) >= 11 is 3.57. The Morgan fingerprint density at radius 3 is 2.67 bits per heavy atom. The second kappa shape index (κ2) is 7.83. The summed E-state index contributed by atoms with van der Waals surface area (Å²) in [5, 5.41) is 0. The van der Waals surface area contributed by atoms with Crippen molar-refractivity contribution < 1.29 is 28.9 Å². The van der Waals surface area contributed by atoms with Crippen LogP contribution >= 0.6 is 34.6 Å². The number of alkyl halides is 1. The molecular weight excluding hydrogens is 438 g/mol. The van der Waals surface area contributed by atoms with Crippen molar-refractivity contribution in [3.05, 3.63) is 21.8 Å². The molecule has 0 aliphatic heterocycles. The van der Waals surface area contributed by atoms with E-state index in [-0.39, 0.29) is 21.6 Å². The van der Waals surface area contributed by atoms with Gasteiger partial charge >= 0.3 is 121 Å². The number of halogens is 2. The third-order valence-electron chi connectivity index (χ3n) is 1.37. The first kappa shape index (κ1) is 13.7. The molecule has 15 heavy (non-hydrogen) atoms. The molecule has 86 valence electrons. The van der Waals surface area contributed by atoms with E-state index < -0.39 is 0 Å². The van der Waals surface area contributed by atoms with Gasteiger partial charge in [-0.1, -0.05) is 0 Å². The Labute approximate surface area is 120 Å². The van der Waals surface area contributed by atoms with Crippen molar-refractivity contribution in [3.63, 3.8) is 0 Å². The average Bonchev–Trinajstić information content (AvgIpc) is 2.23. The zero-order chi connectivity index (χ0) is 11.1. The molecule has 1 aromatic rings. The summed E-state index contributed by atoms with van der Waals surface area (Å²) < 4.78 is 13.5. The molecule has 0 bridgehead atoms. The van der Waals surface area contributed by atoms with Crippen LogP contribution in [-0.4, -0.2) is 10.2 Å². The van der Waals surface area contributed by atoms with E-state index in [1.54, 1.807) is 0 Å². The third-order valence-corrected chi connectivity index (χ3v) is 3.98. The van der Waals surface area contributed by atoms with Crippen LogP contribution in [0.4, 0.5) is 0 Å². The Hall–Kier alpha value is 0.630. The molecule has 0 atom stereocenters. The van der Waals surface area contributed by atoms with E-state index in [0.717, 1.165) is 25.2 Å². The van der Waals surface area contributed by atoms with Gasteiger partial charge in [-0.2, -0.15) is 0 Å². The standard InChI is InChI=1S/C10H13I2O2S/c1-3-12-13-9-5-8(11)6-10(7-9)14-15-4-2/h5-7H,3-4H2,1-2H3/q-1. The summed E-state index contributed by atoms with van der Waals surface area (Å²) in [7, 11) is 0. The molecule has 0 saturated carbocycles. The summed E-state index contributed by atoms with van der Waals surface area (Å²) in [6, 6.07) is 6.01. The zero-order valence-corrected chi connectivity index (χ0v) is 13.8. The van der Waals surface area contributed by atoms with Gasteiger partial charge in [0.1, 0.15) is 0 Å². The molecule has 0 N–H and O–H groups in total. The van der Waals surface area contributed by atoms with Crippen LogP contribution in [0.25, 0.3) is 0 Å². The van der Waals surface area contributed by atoms with Gasteiger partial charge in [0, 0.05) is 0 Å². The Balaban J connectivity index is 2.66. The first-order chi connectivity index (χ1) is 7.26. The van der Waals surface area contributed by atoms with Crippen molar-refractivity contribution in [2.75, 3.05) is 10.2 Å². The molecule has 0 saturated heterocycles. The second-order valence-corrected chi connectivity index (χ2v) is 7.38. The maximum absolute atomic E-state index is 5.67. The SMILES string of the molecule is CCSOc1cc(I)cc(O[I-]CC)c1. The van der Waals surface area contributed by atoms with E-state index in [0.29, 0.717) is 0 Å². The van der Waals surface area contributed by atoms with Crippen LogP contribution in [0.15, 0.2) is 18.2 Å². The molecule has 0 aliphatic rings. The van der Waals surface area contributed by atoms with Crippen LogP contribution < -0.4 is 28.9 Å². The van der Waals surface area contributed by atoms with Crippen LogP contribution in [0, 0.1) is 3.57 Å². The van der Waals surface area contributed by atoms with Crippen LogP contribution in [-0.2, 0) is 0 Å². The molecule has 0 aromatic heterocycles. The minimum absolute atomic E-state index is 0.155. The van der Waals surface area contributed by atoms with E-state index in [1.165, 1.54) is 12.0 Å². The van der Waals surface area contributed by atoms with Gasteiger partial charge in [0.2, 0.25) is 0 Å². The monoisotopic (exact) mass is 451 g/mol. The minimum atomic E-state index is -0.155. The molecule has 2 nitrogen and oxygen atoms in total. The maximum atomic E-state index is 5.67. The summed E-state index contributed by atoms with van der Waals surface area (Å²) in [6.45, 7) is 4.21. The number of hydrogen-bond donors (Lipinski definition) is 0. The van der Waals surface area contributed by atoms with Crippen LogP contribution in [0.5, 0.6) is 11.5 Å². The van der Waals surface area contributed by atoms with Gasteiger partial charge in [0.05, 0.1) is 0 Å². The van der Waals surface area contributed by atoms with Crippen molar-refractivity contribution in [3.8, 4) is 11.5 Å². The van der Waals surface area contributed by atoms with E-state index in [2.05, 4.69) is 36.4 Å². The molecule has 0 amide bonds. The van der Waals surface area contributed by atoms with Gasteiger partial charge in [-0.25, -0.2) is 0 Å². The molecule has 0 unspecified atom stereocenters. The Bertz CT molecular complexity index is 281. The third kappa shape index (κ3) is 5.48. The predicted octanol–water partition coefficient (Wildman–Crippen LogP) is 0.741. The topological polar surface area (TPSA) is 18.5 Å². The zero-order valence-electron chi connectivity index (χ0n) is 8.63. The molecule has 0 heterocycles. The molecule has 1 rings (SSSR count). The van der Waals surface area contributed by atoms with Gasteiger partial charge < -0.3 is 0 Å². The quantitative estimate of drug-likeness (QED) is 0.362. The van der Waals surface area contributed by atoms with Crippen molar-refractivity contribution in [2.45, 2.75) is 13.8 Å². The van der Waals surface area contributed by atoms with Gasteiger partial charge in [-0.05, 0) is 0 Å². The first-order valence-electron chi connectivity index (χ1n) is 4.62. The van der Waals surface area contributed by atoms with Gasteiger partial charge in [0.15, 0.2) is 0 Å². The van der Waals surface area contributed by atoms with Crippen molar-refractivity contribution in [1.29, 1.82) is 0 Å². The van der Waals surface area contributed by atoms with E-state index in [9.17, 15) is 0 Å². The molecule has 0 aliphatic carbocycles. The van der Waals surface area contributed by atoms with Crippen LogP contribution in [0.1, 0.15) is 13.8 Å². The van der Waals surface area contributed by atoms with E-state index in [1.807, 2.05) is 18.2 Å². The second-order valence-electron chi connectivity index (χ2n) is 2.57. The normalized spacial score (nSPS) is 10.3. The molecule has 0 spiro atoms. The van der Waals surface area contributed by atoms with E-state index >= 15 is 0 Å². The number of benzene rings is 1. The fraction of sp³-hybridized carbons (Fsp3) is 0.400. The molecule has 1 aromatic carbocycles. The summed E-state index contributed by atoms with van der Waals surface area (Å²) in [5.74, 6) is 2.76. The van der Waals surface area contributed by atoms with Crippen molar-refractivity contribution in [2.24, 2.45) is 0 Å². The molecule has 0 radical (unpaired) electrons.